The second-order valence-electron chi connectivity index (χ2n) is 7.83. The fraction of sp³-hybridized carbons (Fsp3) is 0.737. The zero-order chi connectivity index (χ0) is 15.9. The Morgan fingerprint density at radius 3 is 2.91 bits per heavy atom. The fourth-order valence-electron chi connectivity index (χ4n) is 5.49. The molecule has 1 unspecified atom stereocenters. The van der Waals surface area contributed by atoms with Gasteiger partial charge in [-0.2, -0.15) is 0 Å². The van der Waals surface area contributed by atoms with Gasteiger partial charge in [0.25, 0.3) is 0 Å². The van der Waals surface area contributed by atoms with Crippen LogP contribution in [0.2, 0.25) is 0 Å². The highest BCUT2D eigenvalue weighted by atomic mass is 79.9. The molecule has 5 atom stereocenters. The smallest absolute Gasteiger partial charge is 0.333 e. The molecule has 0 bridgehead atoms. The molecule has 2 saturated carbocycles. The standard InChI is InChI=1S/C19H27BrO2/c1-12(9-15-10-13(2)18(21)22-15)16-6-7-17-14(11-20)5-4-8-19(16,17)3/h11-12,15-17H,2,4-10H2,1,3H3/b14-11+/t12-,15-,16-,17+,19?/m1/s1. The second-order valence-corrected chi connectivity index (χ2v) is 8.29. The molecule has 0 amide bonds. The van der Waals surface area contributed by atoms with Crippen LogP contribution in [0.15, 0.2) is 22.7 Å². The number of carbonyl (C=O) groups is 1. The lowest BCUT2D eigenvalue weighted by molar-refractivity contribution is -0.139. The van der Waals surface area contributed by atoms with Gasteiger partial charge in [0.2, 0.25) is 0 Å². The highest BCUT2D eigenvalue weighted by Gasteiger charge is 2.51. The van der Waals surface area contributed by atoms with Crippen molar-refractivity contribution in [1.82, 2.24) is 0 Å². The number of halogens is 1. The number of fused-ring (bicyclic) bond motifs is 1. The summed E-state index contributed by atoms with van der Waals surface area (Å²) in [6.07, 6.45) is 8.32. The molecule has 3 rings (SSSR count). The summed E-state index contributed by atoms with van der Waals surface area (Å²) >= 11 is 3.58. The molecule has 0 aromatic carbocycles. The van der Waals surface area contributed by atoms with E-state index in [0.717, 1.165) is 24.7 Å². The first-order valence-electron chi connectivity index (χ1n) is 8.63. The maximum absolute atomic E-state index is 11.5. The Bertz CT molecular complexity index is 494. The topological polar surface area (TPSA) is 26.3 Å². The molecule has 2 aliphatic carbocycles. The molecule has 0 N–H and O–H groups in total. The van der Waals surface area contributed by atoms with E-state index >= 15 is 0 Å². The lowest BCUT2D eigenvalue weighted by atomic mass is 9.61. The van der Waals surface area contributed by atoms with Gasteiger partial charge in [0.1, 0.15) is 6.10 Å². The van der Waals surface area contributed by atoms with E-state index in [2.05, 4.69) is 41.3 Å². The minimum Gasteiger partial charge on any atom is -0.459 e. The molecule has 0 spiro atoms. The van der Waals surface area contributed by atoms with Gasteiger partial charge in [0.15, 0.2) is 0 Å². The first kappa shape index (κ1) is 16.3. The highest BCUT2D eigenvalue weighted by molar-refractivity contribution is 9.11. The van der Waals surface area contributed by atoms with E-state index in [0.29, 0.717) is 16.9 Å². The van der Waals surface area contributed by atoms with Crippen LogP contribution in [0.1, 0.15) is 58.8 Å². The van der Waals surface area contributed by atoms with E-state index in [1.165, 1.54) is 32.1 Å². The zero-order valence-electron chi connectivity index (χ0n) is 13.7. The van der Waals surface area contributed by atoms with E-state index in [1.54, 1.807) is 5.57 Å². The predicted molar refractivity (Wildman–Crippen MR) is 92.6 cm³/mol. The average molecular weight is 367 g/mol. The van der Waals surface area contributed by atoms with Crippen LogP contribution in [-0.2, 0) is 9.53 Å². The molecule has 0 aromatic heterocycles. The van der Waals surface area contributed by atoms with Crippen molar-refractivity contribution in [2.75, 3.05) is 0 Å². The molecule has 1 aliphatic heterocycles. The van der Waals surface area contributed by atoms with Crippen molar-refractivity contribution in [2.45, 2.75) is 64.9 Å². The quantitative estimate of drug-likeness (QED) is 0.495. The third kappa shape index (κ3) is 2.70. The SMILES string of the molecule is C=C1C[C@@H](C[C@@H](C)[C@H]2CC[C@H]3/C(=C/Br)CCCC23C)OC1=O. The number of hydrogen-bond donors (Lipinski definition) is 0. The second kappa shape index (κ2) is 6.14. The Hall–Kier alpha value is -0.570. The number of ether oxygens (including phenoxy) is 1. The van der Waals surface area contributed by atoms with Gasteiger partial charge >= 0.3 is 5.97 Å². The van der Waals surface area contributed by atoms with E-state index in [1.807, 2.05) is 0 Å². The Morgan fingerprint density at radius 1 is 1.50 bits per heavy atom. The molecule has 2 nitrogen and oxygen atoms in total. The van der Waals surface area contributed by atoms with Crippen LogP contribution in [0.4, 0.5) is 0 Å². The summed E-state index contributed by atoms with van der Waals surface area (Å²) in [7, 11) is 0. The Labute approximate surface area is 142 Å². The van der Waals surface area contributed by atoms with Gasteiger partial charge in [-0.1, -0.05) is 41.9 Å². The van der Waals surface area contributed by atoms with Gasteiger partial charge in [-0.25, -0.2) is 4.79 Å². The zero-order valence-corrected chi connectivity index (χ0v) is 15.3. The first-order valence-corrected chi connectivity index (χ1v) is 9.55. The normalized spacial score (nSPS) is 41.6. The molecular formula is C19H27BrO2. The van der Waals surface area contributed by atoms with E-state index in [4.69, 9.17) is 4.74 Å². The molecule has 122 valence electrons. The molecule has 3 fully saturated rings. The molecule has 0 radical (unpaired) electrons. The number of allylic oxidation sites excluding steroid dienone is 1. The van der Waals surface area contributed by atoms with E-state index in [9.17, 15) is 4.79 Å². The van der Waals surface area contributed by atoms with Crippen molar-refractivity contribution in [3.05, 3.63) is 22.7 Å². The monoisotopic (exact) mass is 366 g/mol. The van der Waals surface area contributed by atoms with Gasteiger partial charge in [0, 0.05) is 12.0 Å². The number of rotatable bonds is 3. The third-order valence-electron chi connectivity index (χ3n) is 6.54. The van der Waals surface area contributed by atoms with Crippen molar-refractivity contribution >= 4 is 21.9 Å². The van der Waals surface area contributed by atoms with Crippen molar-refractivity contribution in [2.24, 2.45) is 23.2 Å². The van der Waals surface area contributed by atoms with Crippen LogP contribution in [0.5, 0.6) is 0 Å². The lowest BCUT2D eigenvalue weighted by Crippen LogP contribution is -2.36. The molecule has 3 heteroatoms. The minimum absolute atomic E-state index is 0.0624. The fourth-order valence-corrected chi connectivity index (χ4v) is 6.04. The van der Waals surface area contributed by atoms with Gasteiger partial charge in [0.05, 0.1) is 0 Å². The van der Waals surface area contributed by atoms with Crippen LogP contribution in [0, 0.1) is 23.2 Å². The number of hydrogen-bond acceptors (Lipinski definition) is 2. The molecule has 0 aromatic rings. The summed E-state index contributed by atoms with van der Waals surface area (Å²) in [5.74, 6) is 1.91. The predicted octanol–water partition coefficient (Wildman–Crippen LogP) is 5.38. The lowest BCUT2D eigenvalue weighted by Gasteiger charge is -2.44. The maximum Gasteiger partial charge on any atom is 0.333 e. The molecule has 22 heavy (non-hydrogen) atoms. The van der Waals surface area contributed by atoms with Gasteiger partial charge in [-0.3, -0.25) is 0 Å². The van der Waals surface area contributed by atoms with Crippen LogP contribution in [0.3, 0.4) is 0 Å². The summed E-state index contributed by atoms with van der Waals surface area (Å²) in [6.45, 7) is 8.66. The number of cyclic esters (lactones) is 1. The molecular weight excluding hydrogens is 340 g/mol. The van der Waals surface area contributed by atoms with Crippen molar-refractivity contribution in [1.29, 1.82) is 0 Å². The van der Waals surface area contributed by atoms with Crippen molar-refractivity contribution < 1.29 is 9.53 Å². The summed E-state index contributed by atoms with van der Waals surface area (Å²) < 4.78 is 5.46. The van der Waals surface area contributed by atoms with E-state index < -0.39 is 0 Å². The number of esters is 1. The van der Waals surface area contributed by atoms with Gasteiger partial charge in [-0.15, -0.1) is 0 Å². The third-order valence-corrected chi connectivity index (χ3v) is 7.12. The molecule has 1 heterocycles. The van der Waals surface area contributed by atoms with Gasteiger partial charge < -0.3 is 4.74 Å². The highest BCUT2D eigenvalue weighted by Crippen LogP contribution is 2.60. The molecule has 3 aliphatic rings. The summed E-state index contributed by atoms with van der Waals surface area (Å²) in [5.41, 5.74) is 2.69. The average Bonchev–Trinajstić information content (AvgIpc) is 2.98. The largest absolute Gasteiger partial charge is 0.459 e. The van der Waals surface area contributed by atoms with Crippen molar-refractivity contribution in [3.8, 4) is 0 Å². The minimum atomic E-state index is -0.185. The maximum atomic E-state index is 11.5. The van der Waals surface area contributed by atoms with Crippen LogP contribution < -0.4 is 0 Å². The Kier molecular flexibility index (Phi) is 4.55. The van der Waals surface area contributed by atoms with Gasteiger partial charge in [-0.05, 0) is 66.7 Å². The van der Waals surface area contributed by atoms with Crippen LogP contribution in [-0.4, -0.2) is 12.1 Å². The van der Waals surface area contributed by atoms with Crippen LogP contribution in [0.25, 0.3) is 0 Å². The molecule has 1 saturated heterocycles. The number of carbonyl (C=O) groups excluding carboxylic acids is 1. The summed E-state index contributed by atoms with van der Waals surface area (Å²) in [4.78, 5) is 13.7. The summed E-state index contributed by atoms with van der Waals surface area (Å²) in [6, 6.07) is 0. The van der Waals surface area contributed by atoms with Crippen LogP contribution >= 0.6 is 15.9 Å². The Balaban J connectivity index is 1.69. The first-order chi connectivity index (χ1) is 10.5. The summed E-state index contributed by atoms with van der Waals surface area (Å²) in [5, 5.41) is 0. The van der Waals surface area contributed by atoms with E-state index in [-0.39, 0.29) is 12.1 Å². The Morgan fingerprint density at radius 2 is 2.27 bits per heavy atom. The van der Waals surface area contributed by atoms with Crippen molar-refractivity contribution in [3.63, 3.8) is 0 Å².